The Labute approximate surface area is 82.2 Å². The summed E-state index contributed by atoms with van der Waals surface area (Å²) in [6, 6.07) is 1.89. The summed E-state index contributed by atoms with van der Waals surface area (Å²) in [5.74, 6) is 0. The Morgan fingerprint density at radius 3 is 3.15 bits per heavy atom. The first-order valence-corrected chi connectivity index (χ1v) is 4.12. The van der Waals surface area contributed by atoms with Crippen LogP contribution in [-0.2, 0) is 6.54 Å². The third-order valence-corrected chi connectivity index (χ3v) is 1.92. The molecule has 0 unspecified atom stereocenters. The average Bonchev–Trinajstić information content (AvgIpc) is 2.57. The highest BCUT2D eigenvalue weighted by atomic mass is 32.1. The van der Waals surface area contributed by atoms with Crippen LogP contribution in [0.2, 0.25) is 0 Å². The summed E-state index contributed by atoms with van der Waals surface area (Å²) in [6.45, 7) is 3.98. The van der Waals surface area contributed by atoms with Gasteiger partial charge in [-0.05, 0) is 18.3 Å². The van der Waals surface area contributed by atoms with E-state index in [1.54, 1.807) is 12.5 Å². The van der Waals surface area contributed by atoms with Gasteiger partial charge in [-0.15, -0.1) is 0 Å². The molecule has 0 fully saturated rings. The molecule has 0 aromatic carbocycles. The Morgan fingerprint density at radius 1 is 1.85 bits per heavy atom. The summed E-state index contributed by atoms with van der Waals surface area (Å²) in [7, 11) is 1.87. The van der Waals surface area contributed by atoms with Gasteiger partial charge in [-0.3, -0.25) is 5.43 Å². The van der Waals surface area contributed by atoms with Gasteiger partial charge in [0.1, 0.15) is 0 Å². The largest absolute Gasteiger partial charge is 0.472 e. The number of hydrogen-bond acceptors (Lipinski definition) is 3. The molecule has 1 rings (SSSR count). The summed E-state index contributed by atoms with van der Waals surface area (Å²) in [5.41, 5.74) is 3.66. The monoisotopic (exact) mass is 197 g/mol. The van der Waals surface area contributed by atoms with Crippen molar-refractivity contribution in [3.8, 4) is 0 Å². The minimum atomic E-state index is 0.538. The van der Waals surface area contributed by atoms with Crippen molar-refractivity contribution in [1.29, 1.82) is 0 Å². The molecule has 1 heterocycles. The zero-order chi connectivity index (χ0) is 9.68. The first kappa shape index (κ1) is 9.73. The first-order valence-electron chi connectivity index (χ1n) is 3.72. The second-order valence-electron chi connectivity index (χ2n) is 2.56. The van der Waals surface area contributed by atoms with Crippen molar-refractivity contribution < 1.29 is 4.42 Å². The van der Waals surface area contributed by atoms with Crippen LogP contribution in [0.4, 0.5) is 0 Å². The quantitative estimate of drug-likeness (QED) is 0.449. The van der Waals surface area contributed by atoms with Crippen LogP contribution in [0.3, 0.4) is 0 Å². The number of furan rings is 1. The summed E-state index contributed by atoms with van der Waals surface area (Å²) in [5, 5.41) is 4.02. The lowest BCUT2D eigenvalue weighted by Gasteiger charge is -2.17. The smallest absolute Gasteiger partial charge is 0.189 e. The highest BCUT2D eigenvalue weighted by molar-refractivity contribution is 7.80. The highest BCUT2D eigenvalue weighted by Crippen LogP contribution is 2.03. The van der Waals surface area contributed by atoms with E-state index in [2.05, 4.69) is 17.2 Å². The predicted octanol–water partition coefficient (Wildman–Crippen LogP) is 1.20. The number of nitrogens with zero attached hydrogens (tertiary/aromatic N) is 2. The van der Waals surface area contributed by atoms with E-state index in [0.29, 0.717) is 11.7 Å². The fourth-order valence-electron chi connectivity index (χ4n) is 0.881. The Balaban J connectivity index is 2.45. The third kappa shape index (κ3) is 2.87. The van der Waals surface area contributed by atoms with Crippen LogP contribution in [-0.4, -0.2) is 23.8 Å². The van der Waals surface area contributed by atoms with E-state index in [1.165, 1.54) is 0 Å². The molecule has 0 spiro atoms. The van der Waals surface area contributed by atoms with Crippen LogP contribution < -0.4 is 5.43 Å². The standard InChI is InChI=1S/C8H11N3OS/c1-9-10-8(13)11(2)5-7-3-4-12-6-7/h3-4,6H,1,5H2,2H3,(H,10,13). The molecule has 5 heteroatoms. The molecule has 0 saturated carbocycles. The second-order valence-corrected chi connectivity index (χ2v) is 2.95. The molecule has 0 amide bonds. The predicted molar refractivity (Wildman–Crippen MR) is 55.5 cm³/mol. The maximum absolute atomic E-state index is 5.00. The van der Waals surface area contributed by atoms with Gasteiger partial charge in [-0.1, -0.05) is 0 Å². The molecule has 0 bridgehead atoms. The van der Waals surface area contributed by atoms with Crippen LogP contribution in [0.1, 0.15) is 5.56 Å². The Bertz CT molecular complexity index is 284. The van der Waals surface area contributed by atoms with Crippen LogP contribution in [0.15, 0.2) is 28.1 Å². The van der Waals surface area contributed by atoms with E-state index in [9.17, 15) is 0 Å². The fraction of sp³-hybridized carbons (Fsp3) is 0.250. The molecule has 0 atom stereocenters. The molecule has 4 nitrogen and oxygen atoms in total. The minimum Gasteiger partial charge on any atom is -0.472 e. The van der Waals surface area contributed by atoms with Gasteiger partial charge in [0.25, 0.3) is 0 Å². The van der Waals surface area contributed by atoms with Crippen molar-refractivity contribution in [3.05, 3.63) is 24.2 Å². The number of thiocarbonyl (C=S) groups is 1. The summed E-state index contributed by atoms with van der Waals surface area (Å²) < 4.78 is 4.93. The molecule has 0 aliphatic rings. The van der Waals surface area contributed by atoms with Crippen LogP contribution in [0.5, 0.6) is 0 Å². The molecule has 0 saturated heterocycles. The zero-order valence-electron chi connectivity index (χ0n) is 7.36. The van der Waals surface area contributed by atoms with Crippen molar-refractivity contribution in [2.24, 2.45) is 5.10 Å². The van der Waals surface area contributed by atoms with Crippen molar-refractivity contribution in [1.82, 2.24) is 10.3 Å². The van der Waals surface area contributed by atoms with Gasteiger partial charge in [0.2, 0.25) is 0 Å². The lowest BCUT2D eigenvalue weighted by atomic mass is 10.3. The topological polar surface area (TPSA) is 40.8 Å². The molecular formula is C8H11N3OS. The maximum atomic E-state index is 5.00. The first-order chi connectivity index (χ1) is 6.24. The van der Waals surface area contributed by atoms with E-state index in [-0.39, 0.29) is 0 Å². The van der Waals surface area contributed by atoms with E-state index >= 15 is 0 Å². The Kier molecular flexibility index (Phi) is 3.45. The van der Waals surface area contributed by atoms with Gasteiger partial charge in [-0.2, -0.15) is 5.10 Å². The van der Waals surface area contributed by atoms with Crippen molar-refractivity contribution >= 4 is 24.0 Å². The summed E-state index contributed by atoms with van der Waals surface area (Å²) in [4.78, 5) is 1.84. The van der Waals surface area contributed by atoms with E-state index < -0.39 is 0 Å². The van der Waals surface area contributed by atoms with Gasteiger partial charge in [0.15, 0.2) is 5.11 Å². The number of nitrogens with one attached hydrogen (secondary N) is 1. The summed E-state index contributed by atoms with van der Waals surface area (Å²) >= 11 is 5.00. The second kappa shape index (κ2) is 4.61. The van der Waals surface area contributed by atoms with E-state index in [4.69, 9.17) is 16.6 Å². The van der Waals surface area contributed by atoms with Crippen molar-refractivity contribution in [2.45, 2.75) is 6.54 Å². The Hall–Kier alpha value is -1.36. The van der Waals surface area contributed by atoms with Gasteiger partial charge in [0.05, 0.1) is 12.5 Å². The lowest BCUT2D eigenvalue weighted by Crippen LogP contribution is -2.33. The SMILES string of the molecule is C=NNC(=S)N(C)Cc1ccoc1. The molecule has 1 aromatic heterocycles. The molecule has 0 radical (unpaired) electrons. The highest BCUT2D eigenvalue weighted by Gasteiger charge is 2.03. The number of hydrogen-bond donors (Lipinski definition) is 1. The number of rotatable bonds is 3. The van der Waals surface area contributed by atoms with Crippen molar-refractivity contribution in [3.63, 3.8) is 0 Å². The van der Waals surface area contributed by atoms with Crippen LogP contribution >= 0.6 is 12.2 Å². The zero-order valence-corrected chi connectivity index (χ0v) is 8.17. The van der Waals surface area contributed by atoms with Crippen LogP contribution in [0, 0.1) is 0 Å². The summed E-state index contributed by atoms with van der Waals surface area (Å²) in [6.07, 6.45) is 3.31. The van der Waals surface area contributed by atoms with Crippen molar-refractivity contribution in [2.75, 3.05) is 7.05 Å². The number of hydrazone groups is 1. The molecule has 0 aliphatic heterocycles. The lowest BCUT2D eigenvalue weighted by molar-refractivity contribution is 0.484. The van der Waals surface area contributed by atoms with Gasteiger partial charge in [0, 0.05) is 25.9 Å². The normalized spacial score (nSPS) is 9.31. The molecule has 70 valence electrons. The molecule has 1 N–H and O–H groups in total. The van der Waals surface area contributed by atoms with Gasteiger partial charge in [-0.25, -0.2) is 0 Å². The van der Waals surface area contributed by atoms with E-state index in [1.807, 2.05) is 18.0 Å². The molecule has 0 aliphatic carbocycles. The van der Waals surface area contributed by atoms with Gasteiger partial charge >= 0.3 is 0 Å². The van der Waals surface area contributed by atoms with Gasteiger partial charge < -0.3 is 9.32 Å². The minimum absolute atomic E-state index is 0.538. The van der Waals surface area contributed by atoms with Crippen LogP contribution in [0.25, 0.3) is 0 Å². The molecule has 13 heavy (non-hydrogen) atoms. The third-order valence-electron chi connectivity index (χ3n) is 1.52. The molecule has 1 aromatic rings. The Morgan fingerprint density at radius 2 is 2.62 bits per heavy atom. The molecular weight excluding hydrogens is 186 g/mol. The fourth-order valence-corrected chi connectivity index (χ4v) is 1.01. The average molecular weight is 197 g/mol. The van der Waals surface area contributed by atoms with E-state index in [0.717, 1.165) is 5.56 Å². The maximum Gasteiger partial charge on any atom is 0.189 e.